The number of thiazole rings is 1. The van der Waals surface area contributed by atoms with Crippen LogP contribution in [0.15, 0.2) is 23.2 Å². The summed E-state index contributed by atoms with van der Waals surface area (Å²) < 4.78 is 0. The number of piperazine rings is 1. The smallest absolute Gasteiger partial charge is 0.191 e. The molecule has 1 aliphatic heterocycles. The molecule has 0 unspecified atom stereocenters. The number of rotatable bonds is 6. The number of nitrogens with one attached hydrogen (secondary N) is 2. The second kappa shape index (κ2) is 10.1. The molecule has 3 rings (SSSR count). The largest absolute Gasteiger partial charge is 0.369 e. The zero-order valence-corrected chi connectivity index (χ0v) is 19.2. The van der Waals surface area contributed by atoms with Crippen molar-refractivity contribution >= 4 is 23.0 Å². The Kier molecular flexibility index (Phi) is 7.50. The van der Waals surface area contributed by atoms with Gasteiger partial charge in [-0.2, -0.15) is 0 Å². The molecule has 0 radical (unpaired) electrons. The van der Waals surface area contributed by atoms with Crippen LogP contribution in [-0.2, 0) is 6.54 Å². The zero-order chi connectivity index (χ0) is 20.8. The van der Waals surface area contributed by atoms with Crippen LogP contribution in [0.1, 0.15) is 26.7 Å². The van der Waals surface area contributed by atoms with Gasteiger partial charge in [-0.25, -0.2) is 4.98 Å². The molecule has 1 saturated heterocycles. The highest BCUT2D eigenvalue weighted by Gasteiger charge is 2.18. The summed E-state index contributed by atoms with van der Waals surface area (Å²) in [7, 11) is 1.82. The number of aliphatic imine (C=N–C) groups is 1. The molecule has 6 nitrogen and oxygen atoms in total. The van der Waals surface area contributed by atoms with Crippen LogP contribution < -0.4 is 15.5 Å². The number of hydrogen-bond acceptors (Lipinski definition) is 5. The van der Waals surface area contributed by atoms with E-state index in [9.17, 15) is 0 Å². The average Bonchev–Trinajstić information content (AvgIpc) is 3.04. The quantitative estimate of drug-likeness (QED) is 0.562. The summed E-state index contributed by atoms with van der Waals surface area (Å²) >= 11 is 1.74. The normalized spacial score (nSPS) is 15.6. The van der Waals surface area contributed by atoms with Gasteiger partial charge < -0.3 is 15.5 Å². The van der Waals surface area contributed by atoms with E-state index in [4.69, 9.17) is 0 Å². The van der Waals surface area contributed by atoms with Gasteiger partial charge in [0.2, 0.25) is 0 Å². The van der Waals surface area contributed by atoms with Crippen molar-refractivity contribution in [3.63, 3.8) is 0 Å². The Morgan fingerprint density at radius 2 is 1.86 bits per heavy atom. The summed E-state index contributed by atoms with van der Waals surface area (Å²) in [5.74, 6) is 0.851. The van der Waals surface area contributed by atoms with Gasteiger partial charge in [0.15, 0.2) is 5.96 Å². The summed E-state index contributed by atoms with van der Waals surface area (Å²) in [4.78, 5) is 15.1. The lowest BCUT2D eigenvalue weighted by atomic mass is 10.1. The van der Waals surface area contributed by atoms with Gasteiger partial charge in [0.1, 0.15) is 0 Å². The van der Waals surface area contributed by atoms with Crippen LogP contribution in [0.5, 0.6) is 0 Å². The number of anilines is 1. The minimum atomic E-state index is 0.769. The van der Waals surface area contributed by atoms with E-state index in [0.717, 1.165) is 62.5 Å². The van der Waals surface area contributed by atoms with Gasteiger partial charge in [-0.05, 0) is 44.9 Å². The third-order valence-corrected chi connectivity index (χ3v) is 6.72. The molecule has 1 aromatic carbocycles. The van der Waals surface area contributed by atoms with Gasteiger partial charge in [-0.3, -0.25) is 9.89 Å². The molecule has 0 saturated carbocycles. The number of hydrogen-bond donors (Lipinski definition) is 2. The summed E-state index contributed by atoms with van der Waals surface area (Å²) in [6, 6.07) is 6.61. The Morgan fingerprint density at radius 1 is 1.10 bits per heavy atom. The maximum absolute atomic E-state index is 4.48. The van der Waals surface area contributed by atoms with Crippen molar-refractivity contribution in [1.29, 1.82) is 0 Å². The first-order chi connectivity index (χ1) is 14.0. The Morgan fingerprint density at radius 3 is 2.52 bits per heavy atom. The summed E-state index contributed by atoms with van der Waals surface area (Å²) in [5.41, 5.74) is 5.28. The van der Waals surface area contributed by atoms with Crippen LogP contribution in [0, 0.1) is 27.7 Å². The molecule has 1 aromatic heterocycles. The molecule has 158 valence electrons. The molecule has 0 aliphatic carbocycles. The lowest BCUT2D eigenvalue weighted by Crippen LogP contribution is -2.49. The third-order valence-electron chi connectivity index (χ3n) is 5.65. The molecule has 0 atom stereocenters. The van der Waals surface area contributed by atoms with Crippen LogP contribution in [0.3, 0.4) is 0 Å². The number of aryl methyl sites for hydroxylation is 3. The van der Waals surface area contributed by atoms with Crippen molar-refractivity contribution in [1.82, 2.24) is 20.5 Å². The third kappa shape index (κ3) is 5.70. The van der Waals surface area contributed by atoms with Gasteiger partial charge in [-0.15, -0.1) is 11.3 Å². The van der Waals surface area contributed by atoms with Gasteiger partial charge in [0.25, 0.3) is 0 Å². The van der Waals surface area contributed by atoms with Gasteiger partial charge in [-0.1, -0.05) is 12.1 Å². The number of aromatic nitrogens is 1. The van der Waals surface area contributed by atoms with Crippen LogP contribution in [-0.4, -0.2) is 62.2 Å². The number of guanidine groups is 1. The Labute approximate surface area is 179 Å². The fourth-order valence-corrected chi connectivity index (χ4v) is 4.62. The second-order valence-electron chi connectivity index (χ2n) is 7.64. The highest BCUT2D eigenvalue weighted by atomic mass is 32.1. The van der Waals surface area contributed by atoms with E-state index in [2.05, 4.69) is 69.4 Å². The van der Waals surface area contributed by atoms with Crippen molar-refractivity contribution < 1.29 is 0 Å². The molecule has 1 aliphatic rings. The molecule has 0 spiro atoms. The van der Waals surface area contributed by atoms with Gasteiger partial charge in [0, 0.05) is 56.9 Å². The predicted molar refractivity (Wildman–Crippen MR) is 124 cm³/mol. The van der Waals surface area contributed by atoms with E-state index in [0.29, 0.717) is 0 Å². The second-order valence-corrected chi connectivity index (χ2v) is 8.93. The summed E-state index contributed by atoms with van der Waals surface area (Å²) in [5, 5.41) is 7.95. The first kappa shape index (κ1) is 21.6. The SMILES string of the molecule is CN=C(NCCN1CCN(c2cccc(C)c2C)CC1)NCc1sc(C)nc1C. The minimum Gasteiger partial charge on any atom is -0.369 e. The van der Waals surface area contributed by atoms with E-state index < -0.39 is 0 Å². The highest BCUT2D eigenvalue weighted by Crippen LogP contribution is 2.23. The molecular weight excluding hydrogens is 380 g/mol. The van der Waals surface area contributed by atoms with E-state index in [1.54, 1.807) is 11.3 Å². The molecule has 1 fully saturated rings. The zero-order valence-electron chi connectivity index (χ0n) is 18.4. The fourth-order valence-electron chi connectivity index (χ4n) is 3.75. The molecule has 2 aromatic rings. The van der Waals surface area contributed by atoms with Crippen LogP contribution >= 0.6 is 11.3 Å². The van der Waals surface area contributed by atoms with E-state index in [1.807, 2.05) is 14.0 Å². The molecule has 2 heterocycles. The standard InChI is InChI=1S/C22H34N6S/c1-16-7-6-8-20(17(16)2)28-13-11-27(12-14-28)10-9-24-22(23-5)25-15-21-18(3)26-19(4)29-21/h6-8H,9-15H2,1-5H3,(H2,23,24,25). The first-order valence-corrected chi connectivity index (χ1v) is 11.2. The van der Waals surface area contributed by atoms with Crippen LogP contribution in [0.4, 0.5) is 5.69 Å². The Balaban J connectivity index is 1.39. The number of nitrogens with zero attached hydrogens (tertiary/aromatic N) is 4. The first-order valence-electron chi connectivity index (χ1n) is 10.4. The van der Waals surface area contributed by atoms with Crippen molar-refractivity contribution in [3.8, 4) is 0 Å². The molecule has 29 heavy (non-hydrogen) atoms. The maximum atomic E-state index is 4.48. The van der Waals surface area contributed by atoms with Gasteiger partial charge >= 0.3 is 0 Å². The van der Waals surface area contributed by atoms with E-state index in [1.165, 1.54) is 21.7 Å². The lowest BCUT2D eigenvalue weighted by molar-refractivity contribution is 0.261. The molecule has 0 bridgehead atoms. The number of benzene rings is 1. The van der Waals surface area contributed by atoms with Crippen LogP contribution in [0.2, 0.25) is 0 Å². The topological polar surface area (TPSA) is 55.8 Å². The average molecular weight is 415 g/mol. The molecule has 7 heteroatoms. The van der Waals surface area contributed by atoms with Crippen molar-refractivity contribution in [2.24, 2.45) is 4.99 Å². The monoisotopic (exact) mass is 414 g/mol. The highest BCUT2D eigenvalue weighted by molar-refractivity contribution is 7.11. The Hall–Kier alpha value is -2.12. The van der Waals surface area contributed by atoms with Crippen molar-refractivity contribution in [2.75, 3.05) is 51.2 Å². The maximum Gasteiger partial charge on any atom is 0.191 e. The Bertz CT molecular complexity index is 836. The fraction of sp³-hybridized carbons (Fsp3) is 0.545. The van der Waals surface area contributed by atoms with Gasteiger partial charge in [0.05, 0.1) is 17.2 Å². The summed E-state index contributed by atoms with van der Waals surface area (Å²) in [6.07, 6.45) is 0. The van der Waals surface area contributed by atoms with Crippen molar-refractivity contribution in [2.45, 2.75) is 34.2 Å². The molecule has 0 amide bonds. The molecule has 2 N–H and O–H groups in total. The van der Waals surface area contributed by atoms with Crippen molar-refractivity contribution in [3.05, 3.63) is 44.9 Å². The minimum absolute atomic E-state index is 0.769. The molecular formula is C22H34N6S. The van der Waals surface area contributed by atoms with E-state index in [-0.39, 0.29) is 0 Å². The van der Waals surface area contributed by atoms with E-state index >= 15 is 0 Å². The summed E-state index contributed by atoms with van der Waals surface area (Å²) in [6.45, 7) is 15.6. The predicted octanol–water partition coefficient (Wildman–Crippen LogP) is 2.86. The van der Waals surface area contributed by atoms with Crippen LogP contribution in [0.25, 0.3) is 0 Å². The lowest BCUT2D eigenvalue weighted by Gasteiger charge is -2.37.